The zero-order valence-corrected chi connectivity index (χ0v) is 12.1. The van der Waals surface area contributed by atoms with Gasteiger partial charge in [0.2, 0.25) is 5.88 Å². The number of pyridine rings is 1. The Hall–Kier alpha value is -1.20. The van der Waals surface area contributed by atoms with Crippen molar-refractivity contribution in [2.24, 2.45) is 5.73 Å². The lowest BCUT2D eigenvalue weighted by Crippen LogP contribution is -2.25. The molecule has 0 aliphatic heterocycles. The van der Waals surface area contributed by atoms with Gasteiger partial charge in [0.15, 0.2) is 0 Å². The van der Waals surface area contributed by atoms with Crippen LogP contribution in [0.2, 0.25) is 0 Å². The molecule has 0 radical (unpaired) electrons. The standard InChI is InChI=1S/C13H20N2O2S/c1-9-5-7-15-12(10(9)11(14)18)17-8-6-13(2,3)16-4/h5,7H,6,8H2,1-4H3,(H2,14,18). The summed E-state index contributed by atoms with van der Waals surface area (Å²) >= 11 is 5.02. The number of nitrogens with two attached hydrogens (primary N) is 1. The number of aryl methyl sites for hydroxylation is 1. The van der Waals surface area contributed by atoms with E-state index in [1.54, 1.807) is 13.3 Å². The van der Waals surface area contributed by atoms with Gasteiger partial charge in [0.05, 0.1) is 17.8 Å². The summed E-state index contributed by atoms with van der Waals surface area (Å²) in [6, 6.07) is 1.86. The molecular weight excluding hydrogens is 248 g/mol. The predicted molar refractivity (Wildman–Crippen MR) is 76.1 cm³/mol. The lowest BCUT2D eigenvalue weighted by atomic mass is 10.1. The molecular formula is C13H20N2O2S. The molecule has 1 aromatic heterocycles. The van der Waals surface area contributed by atoms with Crippen LogP contribution in [-0.2, 0) is 4.74 Å². The first kappa shape index (κ1) is 14.9. The first-order valence-corrected chi connectivity index (χ1v) is 6.21. The number of hydrogen-bond acceptors (Lipinski definition) is 4. The molecule has 0 saturated heterocycles. The molecule has 0 saturated carbocycles. The maximum Gasteiger partial charge on any atom is 0.223 e. The van der Waals surface area contributed by atoms with Crippen LogP contribution in [0.4, 0.5) is 0 Å². The minimum Gasteiger partial charge on any atom is -0.477 e. The van der Waals surface area contributed by atoms with Crippen molar-refractivity contribution >= 4 is 17.2 Å². The van der Waals surface area contributed by atoms with Gasteiger partial charge in [-0.25, -0.2) is 4.98 Å². The Balaban J connectivity index is 2.74. The van der Waals surface area contributed by atoms with E-state index in [-0.39, 0.29) is 5.60 Å². The van der Waals surface area contributed by atoms with Crippen LogP contribution >= 0.6 is 12.2 Å². The van der Waals surface area contributed by atoms with Crippen molar-refractivity contribution in [1.29, 1.82) is 0 Å². The van der Waals surface area contributed by atoms with E-state index in [9.17, 15) is 0 Å². The molecule has 4 nitrogen and oxygen atoms in total. The second-order valence-corrected chi connectivity index (χ2v) is 5.17. The first-order chi connectivity index (χ1) is 8.37. The van der Waals surface area contributed by atoms with Gasteiger partial charge in [-0.2, -0.15) is 0 Å². The SMILES string of the molecule is COC(C)(C)CCOc1nccc(C)c1C(N)=S. The molecule has 1 heterocycles. The van der Waals surface area contributed by atoms with E-state index in [1.165, 1.54) is 0 Å². The Kier molecular flexibility index (Phi) is 5.04. The first-order valence-electron chi connectivity index (χ1n) is 5.81. The summed E-state index contributed by atoms with van der Waals surface area (Å²) in [5.74, 6) is 0.495. The highest BCUT2D eigenvalue weighted by atomic mass is 32.1. The second-order valence-electron chi connectivity index (χ2n) is 4.73. The Labute approximate surface area is 113 Å². The Morgan fingerprint density at radius 1 is 1.50 bits per heavy atom. The van der Waals surface area contributed by atoms with Crippen LogP contribution in [0.1, 0.15) is 31.4 Å². The summed E-state index contributed by atoms with van der Waals surface area (Å²) in [6.45, 7) is 6.46. The number of aromatic nitrogens is 1. The number of rotatable bonds is 6. The molecule has 0 amide bonds. The van der Waals surface area contributed by atoms with Gasteiger partial charge in [0.1, 0.15) is 4.99 Å². The van der Waals surface area contributed by atoms with Crippen molar-refractivity contribution < 1.29 is 9.47 Å². The van der Waals surface area contributed by atoms with Crippen LogP contribution in [-0.4, -0.2) is 29.3 Å². The molecule has 0 atom stereocenters. The summed E-state index contributed by atoms with van der Waals surface area (Å²) in [5.41, 5.74) is 7.15. The molecule has 0 fully saturated rings. The third-order valence-electron chi connectivity index (χ3n) is 2.87. The van der Waals surface area contributed by atoms with Gasteiger partial charge in [0, 0.05) is 19.7 Å². The summed E-state index contributed by atoms with van der Waals surface area (Å²) in [7, 11) is 1.69. The van der Waals surface area contributed by atoms with Crippen LogP contribution in [0.5, 0.6) is 5.88 Å². The molecule has 0 spiro atoms. The van der Waals surface area contributed by atoms with Crippen molar-refractivity contribution in [1.82, 2.24) is 4.98 Å². The van der Waals surface area contributed by atoms with Gasteiger partial charge in [-0.3, -0.25) is 0 Å². The van der Waals surface area contributed by atoms with Crippen molar-refractivity contribution in [3.8, 4) is 5.88 Å². The van der Waals surface area contributed by atoms with Crippen LogP contribution in [0.25, 0.3) is 0 Å². The van der Waals surface area contributed by atoms with E-state index in [2.05, 4.69) is 4.98 Å². The summed E-state index contributed by atoms with van der Waals surface area (Å²) < 4.78 is 11.0. The molecule has 0 aliphatic carbocycles. The maximum atomic E-state index is 5.69. The third kappa shape index (κ3) is 3.92. The normalized spacial score (nSPS) is 11.3. The van der Waals surface area contributed by atoms with E-state index < -0.39 is 0 Å². The largest absolute Gasteiger partial charge is 0.477 e. The van der Waals surface area contributed by atoms with Crippen LogP contribution in [0.3, 0.4) is 0 Å². The summed E-state index contributed by atoms with van der Waals surface area (Å²) in [5, 5.41) is 0. The number of methoxy groups -OCH3 is 1. The molecule has 0 bridgehead atoms. The maximum absolute atomic E-state index is 5.69. The molecule has 18 heavy (non-hydrogen) atoms. The minimum atomic E-state index is -0.215. The fraction of sp³-hybridized carbons (Fsp3) is 0.538. The number of hydrogen-bond donors (Lipinski definition) is 1. The molecule has 0 aromatic carbocycles. The third-order valence-corrected chi connectivity index (χ3v) is 3.07. The van der Waals surface area contributed by atoms with Gasteiger partial charge in [0.25, 0.3) is 0 Å². The highest BCUT2D eigenvalue weighted by Gasteiger charge is 2.17. The van der Waals surface area contributed by atoms with Gasteiger partial charge in [-0.15, -0.1) is 0 Å². The van der Waals surface area contributed by atoms with E-state index in [1.807, 2.05) is 26.8 Å². The van der Waals surface area contributed by atoms with Gasteiger partial charge >= 0.3 is 0 Å². The van der Waals surface area contributed by atoms with Crippen molar-refractivity contribution in [2.75, 3.05) is 13.7 Å². The highest BCUT2D eigenvalue weighted by molar-refractivity contribution is 7.80. The Morgan fingerprint density at radius 2 is 2.17 bits per heavy atom. The monoisotopic (exact) mass is 268 g/mol. The fourth-order valence-electron chi connectivity index (χ4n) is 1.44. The van der Waals surface area contributed by atoms with Crippen LogP contribution < -0.4 is 10.5 Å². The van der Waals surface area contributed by atoms with E-state index in [0.29, 0.717) is 23.0 Å². The number of thiocarbonyl (C=S) groups is 1. The second kappa shape index (κ2) is 6.11. The summed E-state index contributed by atoms with van der Waals surface area (Å²) in [4.78, 5) is 4.48. The van der Waals surface area contributed by atoms with Gasteiger partial charge in [-0.1, -0.05) is 12.2 Å². The smallest absolute Gasteiger partial charge is 0.223 e. The Bertz CT molecular complexity index is 433. The number of ether oxygens (including phenoxy) is 2. The highest BCUT2D eigenvalue weighted by Crippen LogP contribution is 2.20. The van der Waals surface area contributed by atoms with E-state index in [4.69, 9.17) is 27.4 Å². The molecule has 100 valence electrons. The zero-order chi connectivity index (χ0) is 13.8. The van der Waals surface area contributed by atoms with Crippen molar-refractivity contribution in [3.05, 3.63) is 23.4 Å². The fourth-order valence-corrected chi connectivity index (χ4v) is 1.69. The van der Waals surface area contributed by atoms with Gasteiger partial charge in [-0.05, 0) is 32.4 Å². The lowest BCUT2D eigenvalue weighted by molar-refractivity contribution is 0.00507. The number of nitrogens with zero attached hydrogens (tertiary/aromatic N) is 1. The molecule has 5 heteroatoms. The molecule has 1 aromatic rings. The predicted octanol–water partition coefficient (Wildman–Crippen LogP) is 2.22. The van der Waals surface area contributed by atoms with E-state index in [0.717, 1.165) is 12.0 Å². The van der Waals surface area contributed by atoms with Gasteiger partial charge < -0.3 is 15.2 Å². The Morgan fingerprint density at radius 3 is 2.72 bits per heavy atom. The van der Waals surface area contributed by atoms with Crippen molar-refractivity contribution in [3.63, 3.8) is 0 Å². The van der Waals surface area contributed by atoms with Crippen LogP contribution in [0, 0.1) is 6.92 Å². The van der Waals surface area contributed by atoms with Crippen LogP contribution in [0.15, 0.2) is 12.3 Å². The quantitative estimate of drug-likeness (QED) is 0.802. The topological polar surface area (TPSA) is 57.4 Å². The summed E-state index contributed by atoms with van der Waals surface area (Å²) in [6.07, 6.45) is 2.45. The zero-order valence-electron chi connectivity index (χ0n) is 11.3. The van der Waals surface area contributed by atoms with Crippen molar-refractivity contribution in [2.45, 2.75) is 32.8 Å². The van der Waals surface area contributed by atoms with E-state index >= 15 is 0 Å². The molecule has 1 rings (SSSR count). The molecule has 0 aliphatic rings. The lowest BCUT2D eigenvalue weighted by Gasteiger charge is -2.22. The molecule has 0 unspecified atom stereocenters. The average Bonchev–Trinajstić information content (AvgIpc) is 2.28. The average molecular weight is 268 g/mol. The molecule has 2 N–H and O–H groups in total. The minimum absolute atomic E-state index is 0.215.